The molecular weight excluding hydrogens is 420 g/mol. The fraction of sp³-hybridized carbons (Fsp3) is 0.231. The summed E-state index contributed by atoms with van der Waals surface area (Å²) < 4.78 is 10.9. The molecule has 0 bridgehead atoms. The second kappa shape index (κ2) is 8.96. The molecule has 168 valence electrons. The lowest BCUT2D eigenvalue weighted by atomic mass is 10.0. The minimum absolute atomic E-state index is 0.0420. The van der Waals surface area contributed by atoms with Gasteiger partial charge in [0.25, 0.3) is 0 Å². The summed E-state index contributed by atoms with van der Waals surface area (Å²) in [6.45, 7) is 1.57. The first-order chi connectivity index (χ1) is 16.1. The molecule has 1 fully saturated rings. The van der Waals surface area contributed by atoms with E-state index in [1.165, 1.54) is 0 Å². The number of ether oxygens (including phenoxy) is 2. The van der Waals surface area contributed by atoms with Gasteiger partial charge in [-0.15, -0.1) is 0 Å². The molecule has 5 rings (SSSR count). The van der Waals surface area contributed by atoms with Crippen LogP contribution in [0.4, 0.5) is 10.5 Å². The number of likely N-dealkylation sites (tertiary alicyclic amines) is 1. The van der Waals surface area contributed by atoms with Crippen molar-refractivity contribution in [3.05, 3.63) is 77.9 Å². The Morgan fingerprint density at radius 2 is 1.67 bits per heavy atom. The molecule has 2 amide bonds. The van der Waals surface area contributed by atoms with Gasteiger partial charge in [-0.2, -0.15) is 0 Å². The van der Waals surface area contributed by atoms with Crippen LogP contribution in [0.1, 0.15) is 22.3 Å². The van der Waals surface area contributed by atoms with E-state index < -0.39 is 6.61 Å². The maximum atomic E-state index is 13.3. The van der Waals surface area contributed by atoms with E-state index in [-0.39, 0.29) is 18.6 Å². The minimum atomic E-state index is -0.522. The van der Waals surface area contributed by atoms with Crippen LogP contribution in [0, 0.1) is 0 Å². The average Bonchev–Trinajstić information content (AvgIpc) is 3.29. The number of anilines is 1. The van der Waals surface area contributed by atoms with Crippen LogP contribution in [0.3, 0.4) is 0 Å². The molecule has 0 unspecified atom stereocenters. The molecule has 1 N–H and O–H groups in total. The number of amides is 2. The van der Waals surface area contributed by atoms with E-state index in [0.29, 0.717) is 17.9 Å². The summed E-state index contributed by atoms with van der Waals surface area (Å²) in [7, 11) is 0. The Bertz CT molecular complexity index is 1190. The molecular formula is C26H24N2O5. The van der Waals surface area contributed by atoms with Crippen LogP contribution in [0.2, 0.25) is 0 Å². The number of carbonyl (C=O) groups is 2. The Labute approximate surface area is 191 Å². The molecule has 2 heterocycles. The number of nitrogens with zero attached hydrogens (tertiary/aromatic N) is 2. The van der Waals surface area contributed by atoms with Crippen LogP contribution in [-0.2, 0) is 6.54 Å². The van der Waals surface area contributed by atoms with Crippen LogP contribution in [0.15, 0.2) is 66.7 Å². The van der Waals surface area contributed by atoms with Crippen molar-refractivity contribution in [3.63, 3.8) is 0 Å². The van der Waals surface area contributed by atoms with Crippen molar-refractivity contribution < 1.29 is 24.2 Å². The van der Waals surface area contributed by atoms with Crippen LogP contribution >= 0.6 is 0 Å². The van der Waals surface area contributed by atoms with Crippen molar-refractivity contribution in [1.82, 2.24) is 4.90 Å². The first-order valence-corrected chi connectivity index (χ1v) is 10.9. The highest BCUT2D eigenvalue weighted by Gasteiger charge is 2.27. The molecule has 7 heteroatoms. The van der Waals surface area contributed by atoms with Crippen molar-refractivity contribution in [2.75, 3.05) is 31.4 Å². The monoisotopic (exact) mass is 444 g/mol. The van der Waals surface area contributed by atoms with Gasteiger partial charge in [-0.1, -0.05) is 42.5 Å². The highest BCUT2D eigenvalue weighted by Crippen LogP contribution is 2.37. The van der Waals surface area contributed by atoms with Crippen molar-refractivity contribution in [3.8, 4) is 22.6 Å². The van der Waals surface area contributed by atoms with Gasteiger partial charge in [-0.05, 0) is 47.4 Å². The number of Topliss-reactive ketones (excluding diaryl/α,β-unsaturated/α-hetero) is 1. The van der Waals surface area contributed by atoms with E-state index in [4.69, 9.17) is 14.6 Å². The zero-order valence-corrected chi connectivity index (χ0v) is 18.1. The topological polar surface area (TPSA) is 79.3 Å². The largest absolute Gasteiger partial charge is 0.454 e. The first kappa shape index (κ1) is 21.0. The van der Waals surface area contributed by atoms with E-state index in [1.54, 1.807) is 17.0 Å². The lowest BCUT2D eigenvalue weighted by Gasteiger charge is -2.36. The third kappa shape index (κ3) is 4.27. The number of aliphatic hydroxyl groups excluding tert-OH is 1. The molecule has 0 spiro atoms. The molecule has 0 aromatic heterocycles. The number of rotatable bonds is 6. The highest BCUT2D eigenvalue weighted by molar-refractivity contribution is 5.97. The van der Waals surface area contributed by atoms with Crippen molar-refractivity contribution >= 4 is 17.5 Å². The van der Waals surface area contributed by atoms with Gasteiger partial charge in [0.2, 0.25) is 6.79 Å². The van der Waals surface area contributed by atoms with Gasteiger partial charge in [0, 0.05) is 24.3 Å². The third-order valence-corrected chi connectivity index (χ3v) is 5.98. The quantitative estimate of drug-likeness (QED) is 0.580. The third-order valence-electron chi connectivity index (χ3n) is 5.98. The maximum Gasteiger partial charge on any atom is 0.324 e. The van der Waals surface area contributed by atoms with Gasteiger partial charge in [-0.3, -0.25) is 9.69 Å². The van der Waals surface area contributed by atoms with Crippen molar-refractivity contribution in [2.24, 2.45) is 0 Å². The molecule has 0 atom stereocenters. The van der Waals surface area contributed by atoms with Crippen molar-refractivity contribution in [2.45, 2.75) is 13.0 Å². The van der Waals surface area contributed by atoms with Gasteiger partial charge in [-0.25, -0.2) is 4.79 Å². The van der Waals surface area contributed by atoms with Crippen LogP contribution in [0.25, 0.3) is 11.1 Å². The number of hydrogen-bond donors (Lipinski definition) is 1. The molecule has 3 aromatic rings. The number of benzene rings is 3. The number of aliphatic hydroxyl groups is 1. The number of fused-ring (bicyclic) bond motifs is 1. The molecule has 33 heavy (non-hydrogen) atoms. The molecule has 0 radical (unpaired) electrons. The summed E-state index contributed by atoms with van der Waals surface area (Å²) in [5, 5.41) is 9.07. The van der Waals surface area contributed by atoms with Crippen LogP contribution < -0.4 is 14.4 Å². The van der Waals surface area contributed by atoms with E-state index in [9.17, 15) is 9.59 Å². The number of urea groups is 1. The molecule has 2 aliphatic heterocycles. The summed E-state index contributed by atoms with van der Waals surface area (Å²) in [6, 6.07) is 20.6. The Morgan fingerprint density at radius 3 is 2.39 bits per heavy atom. The Balaban J connectivity index is 1.45. The summed E-state index contributed by atoms with van der Waals surface area (Å²) >= 11 is 0. The van der Waals surface area contributed by atoms with Gasteiger partial charge in [0.1, 0.15) is 6.61 Å². The minimum Gasteiger partial charge on any atom is -0.454 e. The normalized spacial score (nSPS) is 14.0. The second-order valence-electron chi connectivity index (χ2n) is 8.11. The lowest BCUT2D eigenvalue weighted by Crippen LogP contribution is -2.49. The highest BCUT2D eigenvalue weighted by atomic mass is 16.7. The zero-order chi connectivity index (χ0) is 22.8. The summed E-state index contributed by atoms with van der Waals surface area (Å²) in [5.41, 5.74) is 4.08. The number of carbonyl (C=O) groups excluding carboxylic acids is 2. The molecule has 2 aliphatic rings. The molecule has 1 saturated heterocycles. The molecule has 7 nitrogen and oxygen atoms in total. The smallest absolute Gasteiger partial charge is 0.324 e. The predicted octanol–water partition coefficient (Wildman–Crippen LogP) is 4.09. The van der Waals surface area contributed by atoms with E-state index in [2.05, 4.69) is 0 Å². The Kier molecular flexibility index (Phi) is 5.71. The van der Waals surface area contributed by atoms with Crippen LogP contribution in [0.5, 0.6) is 11.5 Å². The summed E-state index contributed by atoms with van der Waals surface area (Å²) in [5.74, 6) is 1.11. The van der Waals surface area contributed by atoms with E-state index in [0.717, 1.165) is 47.6 Å². The van der Waals surface area contributed by atoms with Crippen molar-refractivity contribution in [1.29, 1.82) is 0 Å². The Morgan fingerprint density at radius 1 is 0.909 bits per heavy atom. The SMILES string of the molecule is O=C(CO)c1ccc(CN(C(=O)N2CCC2)c2cccc(-c3ccc4c(c3)OCO4)c2)cc1. The maximum absolute atomic E-state index is 13.3. The number of hydrogen-bond acceptors (Lipinski definition) is 5. The average molecular weight is 444 g/mol. The molecule has 3 aromatic carbocycles. The number of ketones is 1. The summed E-state index contributed by atoms with van der Waals surface area (Å²) in [6.07, 6.45) is 1.01. The fourth-order valence-corrected chi connectivity index (χ4v) is 3.95. The molecule has 0 saturated carbocycles. The standard InChI is InChI=1S/C26H24N2O5/c29-16-23(30)19-7-5-18(6-8-19)15-28(26(31)27-11-2-12-27)22-4-1-3-20(13-22)21-9-10-24-25(14-21)33-17-32-24/h1,3-10,13-14,29H,2,11-12,15-17H2. The van der Waals surface area contributed by atoms with Gasteiger partial charge in [0.05, 0.1) is 6.54 Å². The fourth-order valence-electron chi connectivity index (χ4n) is 3.95. The summed E-state index contributed by atoms with van der Waals surface area (Å²) in [4.78, 5) is 28.6. The van der Waals surface area contributed by atoms with E-state index in [1.807, 2.05) is 59.5 Å². The predicted molar refractivity (Wildman–Crippen MR) is 124 cm³/mol. The van der Waals surface area contributed by atoms with Gasteiger partial charge >= 0.3 is 6.03 Å². The molecule has 0 aliphatic carbocycles. The van der Waals surface area contributed by atoms with Crippen LogP contribution in [-0.4, -0.2) is 48.3 Å². The lowest BCUT2D eigenvalue weighted by molar-refractivity contribution is 0.0903. The zero-order valence-electron chi connectivity index (χ0n) is 18.1. The van der Waals surface area contributed by atoms with Gasteiger partial charge < -0.3 is 19.5 Å². The first-order valence-electron chi connectivity index (χ1n) is 10.9. The van der Waals surface area contributed by atoms with Gasteiger partial charge in [0.15, 0.2) is 17.3 Å². The Hall–Kier alpha value is -3.84. The van der Waals surface area contributed by atoms with E-state index >= 15 is 0 Å². The second-order valence-corrected chi connectivity index (χ2v) is 8.11.